The molecule has 104 valence electrons. The fraction of sp³-hybridized carbons (Fsp3) is 0.786. The Morgan fingerprint density at radius 3 is 2.42 bits per heavy atom. The first kappa shape index (κ1) is 13.2. The topological polar surface area (TPSA) is 36.3 Å². The summed E-state index contributed by atoms with van der Waals surface area (Å²) in [6.07, 6.45) is 7.99. The Balaban J connectivity index is 1.70. The van der Waals surface area contributed by atoms with Gasteiger partial charge in [-0.2, -0.15) is 5.10 Å². The van der Waals surface area contributed by atoms with E-state index < -0.39 is 0 Å². The summed E-state index contributed by atoms with van der Waals surface area (Å²) in [5.74, 6) is 0.811. The van der Waals surface area contributed by atoms with Gasteiger partial charge in [0.05, 0.1) is 11.2 Å². The minimum atomic E-state index is -0.292. The molecular formula is C14H23BN2O2. The Labute approximate surface area is 115 Å². The van der Waals surface area contributed by atoms with E-state index in [1.165, 1.54) is 19.3 Å². The maximum atomic E-state index is 6.03. The summed E-state index contributed by atoms with van der Waals surface area (Å²) in [6, 6.07) is 0. The molecule has 0 unspecified atom stereocenters. The summed E-state index contributed by atoms with van der Waals surface area (Å²) in [7, 11) is -0.292. The maximum absolute atomic E-state index is 6.03. The van der Waals surface area contributed by atoms with Crippen LogP contribution in [0.3, 0.4) is 0 Å². The normalized spacial score (nSPS) is 25.6. The van der Waals surface area contributed by atoms with E-state index in [0.29, 0.717) is 0 Å². The van der Waals surface area contributed by atoms with E-state index in [-0.39, 0.29) is 18.3 Å². The van der Waals surface area contributed by atoms with Crippen molar-refractivity contribution >= 4 is 12.6 Å². The number of aromatic nitrogens is 2. The van der Waals surface area contributed by atoms with Gasteiger partial charge in [-0.1, -0.05) is 6.42 Å². The lowest BCUT2D eigenvalue weighted by molar-refractivity contribution is 0.00578. The summed E-state index contributed by atoms with van der Waals surface area (Å²) < 4.78 is 14.1. The van der Waals surface area contributed by atoms with Gasteiger partial charge in [0, 0.05) is 24.4 Å². The summed E-state index contributed by atoms with van der Waals surface area (Å²) in [4.78, 5) is 0. The van der Waals surface area contributed by atoms with E-state index in [1.807, 2.05) is 10.9 Å². The molecule has 0 atom stereocenters. The van der Waals surface area contributed by atoms with Gasteiger partial charge in [0.15, 0.2) is 0 Å². The van der Waals surface area contributed by atoms with E-state index in [1.54, 1.807) is 0 Å². The van der Waals surface area contributed by atoms with Crippen LogP contribution in [0.1, 0.15) is 47.0 Å². The van der Waals surface area contributed by atoms with Crippen molar-refractivity contribution in [3.8, 4) is 0 Å². The molecule has 1 saturated carbocycles. The van der Waals surface area contributed by atoms with Gasteiger partial charge < -0.3 is 9.31 Å². The Morgan fingerprint density at radius 2 is 1.89 bits per heavy atom. The number of hydrogen-bond donors (Lipinski definition) is 0. The number of nitrogens with zero attached hydrogens (tertiary/aromatic N) is 2. The summed E-state index contributed by atoms with van der Waals surface area (Å²) >= 11 is 0. The minimum absolute atomic E-state index is 0.284. The molecule has 0 spiro atoms. The Bertz CT molecular complexity index is 450. The van der Waals surface area contributed by atoms with E-state index in [0.717, 1.165) is 17.9 Å². The molecule has 0 N–H and O–H groups in total. The van der Waals surface area contributed by atoms with Gasteiger partial charge in [-0.3, -0.25) is 4.68 Å². The van der Waals surface area contributed by atoms with Gasteiger partial charge >= 0.3 is 7.12 Å². The predicted molar refractivity (Wildman–Crippen MR) is 75.3 cm³/mol. The minimum Gasteiger partial charge on any atom is -0.399 e. The van der Waals surface area contributed by atoms with Crippen LogP contribution in [0.4, 0.5) is 0 Å². The van der Waals surface area contributed by atoms with Crippen molar-refractivity contribution in [3.63, 3.8) is 0 Å². The fourth-order valence-corrected chi connectivity index (χ4v) is 2.52. The third kappa shape index (κ3) is 2.34. The zero-order chi connectivity index (χ0) is 13.7. The highest BCUT2D eigenvalue weighted by Crippen LogP contribution is 2.36. The Kier molecular flexibility index (Phi) is 3.02. The molecule has 0 aromatic carbocycles. The third-order valence-corrected chi connectivity index (χ3v) is 4.85. The molecule has 5 heteroatoms. The quantitative estimate of drug-likeness (QED) is 0.781. The molecule has 0 radical (unpaired) electrons. The van der Waals surface area contributed by atoms with E-state index in [4.69, 9.17) is 9.31 Å². The van der Waals surface area contributed by atoms with Gasteiger partial charge in [0.1, 0.15) is 0 Å². The average molecular weight is 262 g/mol. The van der Waals surface area contributed by atoms with Crippen molar-refractivity contribution in [1.82, 2.24) is 9.78 Å². The van der Waals surface area contributed by atoms with Crippen LogP contribution in [-0.4, -0.2) is 28.1 Å². The van der Waals surface area contributed by atoms with Crippen molar-refractivity contribution < 1.29 is 9.31 Å². The van der Waals surface area contributed by atoms with Crippen LogP contribution >= 0.6 is 0 Å². The molecule has 2 fully saturated rings. The number of rotatable bonds is 3. The average Bonchev–Trinajstić information content (AvgIpc) is 2.77. The molecule has 1 saturated heterocycles. The smallest absolute Gasteiger partial charge is 0.399 e. The van der Waals surface area contributed by atoms with Gasteiger partial charge in [-0.25, -0.2) is 0 Å². The summed E-state index contributed by atoms with van der Waals surface area (Å²) in [5, 5.41) is 4.43. The van der Waals surface area contributed by atoms with Crippen molar-refractivity contribution in [3.05, 3.63) is 12.4 Å². The van der Waals surface area contributed by atoms with Gasteiger partial charge in [0.25, 0.3) is 0 Å². The Hall–Kier alpha value is -0.805. The van der Waals surface area contributed by atoms with Crippen LogP contribution in [-0.2, 0) is 15.9 Å². The van der Waals surface area contributed by atoms with Gasteiger partial charge in [0.2, 0.25) is 0 Å². The van der Waals surface area contributed by atoms with Crippen LogP contribution in [0.25, 0.3) is 0 Å². The molecule has 4 nitrogen and oxygen atoms in total. The van der Waals surface area contributed by atoms with Crippen LogP contribution in [0.2, 0.25) is 0 Å². The SMILES string of the molecule is CC1(C)OB(c2cnn(CC3CCC3)c2)OC1(C)C. The molecule has 2 heterocycles. The standard InChI is InChI=1S/C14H23BN2O2/c1-13(2)14(3,4)19-15(18-13)12-8-16-17(10-12)9-11-6-5-7-11/h8,10-11H,5-7,9H2,1-4H3. The van der Waals surface area contributed by atoms with Crippen LogP contribution in [0, 0.1) is 5.92 Å². The molecular weight excluding hydrogens is 239 g/mol. The first-order valence-corrected chi connectivity index (χ1v) is 7.25. The molecule has 19 heavy (non-hydrogen) atoms. The summed E-state index contributed by atoms with van der Waals surface area (Å²) in [6.45, 7) is 9.33. The molecule has 0 bridgehead atoms. The molecule has 1 aliphatic heterocycles. The molecule has 3 rings (SSSR count). The van der Waals surface area contributed by atoms with Crippen molar-refractivity contribution in [2.45, 2.75) is 64.7 Å². The number of hydrogen-bond acceptors (Lipinski definition) is 3. The monoisotopic (exact) mass is 262 g/mol. The highest BCUT2D eigenvalue weighted by atomic mass is 16.7. The lowest BCUT2D eigenvalue weighted by Gasteiger charge is -2.32. The Morgan fingerprint density at radius 1 is 1.26 bits per heavy atom. The van der Waals surface area contributed by atoms with Crippen molar-refractivity contribution in [2.24, 2.45) is 5.92 Å². The molecule has 1 aliphatic carbocycles. The maximum Gasteiger partial charge on any atom is 0.498 e. The van der Waals surface area contributed by atoms with Crippen LogP contribution in [0.15, 0.2) is 12.4 Å². The van der Waals surface area contributed by atoms with Crippen LogP contribution in [0.5, 0.6) is 0 Å². The highest BCUT2D eigenvalue weighted by molar-refractivity contribution is 6.61. The molecule has 1 aromatic rings. The molecule has 2 aliphatic rings. The summed E-state index contributed by atoms with van der Waals surface area (Å²) in [5.41, 5.74) is 0.458. The zero-order valence-corrected chi connectivity index (χ0v) is 12.3. The highest BCUT2D eigenvalue weighted by Gasteiger charge is 2.52. The second-order valence-electron chi connectivity index (χ2n) is 6.88. The van der Waals surface area contributed by atoms with E-state index in [2.05, 4.69) is 39.0 Å². The van der Waals surface area contributed by atoms with Gasteiger partial charge in [-0.05, 0) is 46.5 Å². The largest absolute Gasteiger partial charge is 0.498 e. The van der Waals surface area contributed by atoms with Crippen molar-refractivity contribution in [2.75, 3.05) is 0 Å². The van der Waals surface area contributed by atoms with E-state index >= 15 is 0 Å². The first-order valence-electron chi connectivity index (χ1n) is 7.25. The van der Waals surface area contributed by atoms with Crippen LogP contribution < -0.4 is 5.46 Å². The first-order chi connectivity index (χ1) is 8.87. The van der Waals surface area contributed by atoms with Gasteiger partial charge in [-0.15, -0.1) is 0 Å². The fourth-order valence-electron chi connectivity index (χ4n) is 2.52. The lowest BCUT2D eigenvalue weighted by Crippen LogP contribution is -2.41. The second-order valence-corrected chi connectivity index (χ2v) is 6.88. The lowest BCUT2D eigenvalue weighted by atomic mass is 9.82. The second kappa shape index (κ2) is 4.35. The zero-order valence-electron chi connectivity index (χ0n) is 12.3. The molecule has 0 amide bonds. The molecule has 1 aromatic heterocycles. The van der Waals surface area contributed by atoms with E-state index in [9.17, 15) is 0 Å². The predicted octanol–water partition coefficient (Wildman–Crippen LogP) is 1.98. The third-order valence-electron chi connectivity index (χ3n) is 4.85. The van der Waals surface area contributed by atoms with Crippen molar-refractivity contribution in [1.29, 1.82) is 0 Å².